The van der Waals surface area contributed by atoms with Crippen LogP contribution in [0.2, 0.25) is 0 Å². The van der Waals surface area contributed by atoms with Crippen molar-refractivity contribution in [3.8, 4) is 0 Å². The number of carbonyl (C=O) groups is 2. The maximum Gasteiger partial charge on any atom is 0.323 e. The molecule has 0 bridgehead atoms. The number of nitrogens with zero attached hydrogens (tertiary/aromatic N) is 1. The standard InChI is InChI=1S/C20H21NO3/c1-14-7-5-6-10-16(14)17-11-18(17)20(24)21(13-19(22)23)12-15-8-3-2-4-9-15/h2-10,17-18H,11-13H2,1H3,(H,22,23). The summed E-state index contributed by atoms with van der Waals surface area (Å²) in [5.74, 6) is -0.929. The van der Waals surface area contributed by atoms with Gasteiger partial charge in [0.15, 0.2) is 0 Å². The van der Waals surface area contributed by atoms with Crippen LogP contribution in [0.1, 0.15) is 29.0 Å². The van der Waals surface area contributed by atoms with Gasteiger partial charge in [-0.3, -0.25) is 9.59 Å². The molecule has 1 amide bonds. The zero-order valence-electron chi connectivity index (χ0n) is 13.7. The number of hydrogen-bond acceptors (Lipinski definition) is 2. The molecule has 1 fully saturated rings. The van der Waals surface area contributed by atoms with E-state index in [1.807, 2.05) is 55.5 Å². The second-order valence-corrected chi connectivity index (χ2v) is 6.38. The minimum Gasteiger partial charge on any atom is -0.480 e. The van der Waals surface area contributed by atoms with E-state index in [0.29, 0.717) is 6.54 Å². The second-order valence-electron chi connectivity index (χ2n) is 6.38. The zero-order chi connectivity index (χ0) is 17.1. The van der Waals surface area contributed by atoms with Gasteiger partial charge < -0.3 is 10.0 Å². The van der Waals surface area contributed by atoms with E-state index in [2.05, 4.69) is 6.07 Å². The summed E-state index contributed by atoms with van der Waals surface area (Å²) in [4.78, 5) is 25.4. The molecule has 0 aromatic heterocycles. The van der Waals surface area contributed by atoms with Crippen molar-refractivity contribution >= 4 is 11.9 Å². The van der Waals surface area contributed by atoms with Crippen LogP contribution in [0.3, 0.4) is 0 Å². The molecule has 0 saturated heterocycles. The highest BCUT2D eigenvalue weighted by Crippen LogP contribution is 2.49. The number of carbonyl (C=O) groups excluding carboxylic acids is 1. The minimum atomic E-state index is -0.979. The molecule has 2 atom stereocenters. The molecular weight excluding hydrogens is 302 g/mol. The Hall–Kier alpha value is -2.62. The first-order chi connectivity index (χ1) is 11.6. The number of aryl methyl sites for hydroxylation is 1. The van der Waals surface area contributed by atoms with Gasteiger partial charge in [0.25, 0.3) is 0 Å². The van der Waals surface area contributed by atoms with Crippen LogP contribution >= 0.6 is 0 Å². The molecule has 0 heterocycles. The molecule has 3 rings (SSSR count). The molecule has 124 valence electrons. The van der Waals surface area contributed by atoms with E-state index in [9.17, 15) is 9.59 Å². The SMILES string of the molecule is Cc1ccccc1C1CC1C(=O)N(CC(=O)O)Cc1ccccc1. The Morgan fingerprint density at radius 1 is 1.08 bits per heavy atom. The van der Waals surface area contributed by atoms with Crippen molar-refractivity contribution in [3.05, 3.63) is 71.3 Å². The Kier molecular flexibility index (Phi) is 4.65. The summed E-state index contributed by atoms with van der Waals surface area (Å²) in [6.07, 6.45) is 0.800. The van der Waals surface area contributed by atoms with Crippen LogP contribution in [-0.2, 0) is 16.1 Å². The van der Waals surface area contributed by atoms with E-state index in [0.717, 1.165) is 12.0 Å². The first kappa shape index (κ1) is 16.2. The topological polar surface area (TPSA) is 57.6 Å². The number of aliphatic carboxylic acids is 1. The lowest BCUT2D eigenvalue weighted by molar-refractivity contribution is -0.145. The van der Waals surface area contributed by atoms with E-state index >= 15 is 0 Å². The van der Waals surface area contributed by atoms with Crippen molar-refractivity contribution in [2.45, 2.75) is 25.8 Å². The lowest BCUT2D eigenvalue weighted by Crippen LogP contribution is -2.36. The summed E-state index contributed by atoms with van der Waals surface area (Å²) in [5, 5.41) is 9.15. The summed E-state index contributed by atoms with van der Waals surface area (Å²) in [5.41, 5.74) is 3.33. The molecule has 4 heteroatoms. The third-order valence-corrected chi connectivity index (χ3v) is 4.55. The molecule has 4 nitrogen and oxygen atoms in total. The zero-order valence-corrected chi connectivity index (χ0v) is 13.7. The highest BCUT2D eigenvalue weighted by molar-refractivity contribution is 5.86. The smallest absolute Gasteiger partial charge is 0.323 e. The molecule has 2 aromatic carbocycles. The Bertz CT molecular complexity index is 742. The molecule has 0 spiro atoms. The van der Waals surface area contributed by atoms with Crippen molar-refractivity contribution in [3.63, 3.8) is 0 Å². The summed E-state index contributed by atoms with van der Waals surface area (Å²) in [6, 6.07) is 17.6. The van der Waals surface area contributed by atoms with E-state index in [1.54, 1.807) is 0 Å². The Morgan fingerprint density at radius 3 is 2.42 bits per heavy atom. The average molecular weight is 323 g/mol. The first-order valence-corrected chi connectivity index (χ1v) is 8.16. The summed E-state index contributed by atoms with van der Waals surface area (Å²) in [7, 11) is 0. The van der Waals surface area contributed by atoms with Gasteiger partial charge in [0, 0.05) is 12.5 Å². The van der Waals surface area contributed by atoms with Crippen LogP contribution in [0, 0.1) is 12.8 Å². The van der Waals surface area contributed by atoms with Gasteiger partial charge in [-0.15, -0.1) is 0 Å². The van der Waals surface area contributed by atoms with Crippen LogP contribution < -0.4 is 0 Å². The van der Waals surface area contributed by atoms with Crippen LogP contribution in [-0.4, -0.2) is 28.4 Å². The van der Waals surface area contributed by atoms with Gasteiger partial charge >= 0.3 is 5.97 Å². The quantitative estimate of drug-likeness (QED) is 0.888. The summed E-state index contributed by atoms with van der Waals surface area (Å²) in [6.45, 7) is 2.13. The number of rotatable bonds is 6. The van der Waals surface area contributed by atoms with Gasteiger partial charge in [-0.25, -0.2) is 0 Å². The van der Waals surface area contributed by atoms with Gasteiger partial charge in [-0.2, -0.15) is 0 Å². The Labute approximate surface area is 141 Å². The van der Waals surface area contributed by atoms with Gasteiger partial charge in [0.05, 0.1) is 0 Å². The van der Waals surface area contributed by atoms with E-state index in [-0.39, 0.29) is 24.3 Å². The Balaban J connectivity index is 1.73. The van der Waals surface area contributed by atoms with E-state index < -0.39 is 5.97 Å². The fourth-order valence-electron chi connectivity index (χ4n) is 3.23. The molecule has 24 heavy (non-hydrogen) atoms. The van der Waals surface area contributed by atoms with Gasteiger partial charge in [0.1, 0.15) is 6.54 Å². The molecule has 0 aliphatic heterocycles. The fraction of sp³-hybridized carbons (Fsp3) is 0.300. The summed E-state index contributed by atoms with van der Waals surface area (Å²) >= 11 is 0. The molecule has 0 radical (unpaired) electrons. The number of carboxylic acid groups (broad SMARTS) is 1. The second kappa shape index (κ2) is 6.87. The molecule has 2 aromatic rings. The van der Waals surface area contributed by atoms with Crippen molar-refractivity contribution in [1.29, 1.82) is 0 Å². The van der Waals surface area contributed by atoms with Gasteiger partial charge in [-0.1, -0.05) is 54.6 Å². The first-order valence-electron chi connectivity index (χ1n) is 8.16. The van der Waals surface area contributed by atoms with Crippen LogP contribution in [0.25, 0.3) is 0 Å². The highest BCUT2D eigenvalue weighted by atomic mass is 16.4. The van der Waals surface area contributed by atoms with Crippen molar-refractivity contribution in [2.75, 3.05) is 6.54 Å². The third kappa shape index (κ3) is 3.65. The van der Waals surface area contributed by atoms with Crippen molar-refractivity contribution in [2.24, 2.45) is 5.92 Å². The van der Waals surface area contributed by atoms with E-state index in [1.165, 1.54) is 16.0 Å². The van der Waals surface area contributed by atoms with Crippen LogP contribution in [0.4, 0.5) is 0 Å². The molecule has 1 aliphatic rings. The van der Waals surface area contributed by atoms with Crippen molar-refractivity contribution in [1.82, 2.24) is 4.90 Å². The monoisotopic (exact) mass is 323 g/mol. The van der Waals surface area contributed by atoms with Gasteiger partial charge in [-0.05, 0) is 36.0 Å². The van der Waals surface area contributed by atoms with Crippen LogP contribution in [0.15, 0.2) is 54.6 Å². The predicted octanol–water partition coefficient (Wildman–Crippen LogP) is 3.21. The fourth-order valence-corrected chi connectivity index (χ4v) is 3.23. The molecule has 2 unspecified atom stereocenters. The maximum atomic E-state index is 12.8. The predicted molar refractivity (Wildman–Crippen MR) is 91.5 cm³/mol. The normalized spacial score (nSPS) is 18.9. The lowest BCUT2D eigenvalue weighted by atomic mass is 10.0. The largest absolute Gasteiger partial charge is 0.480 e. The molecule has 1 aliphatic carbocycles. The number of amides is 1. The number of benzene rings is 2. The third-order valence-electron chi connectivity index (χ3n) is 4.55. The molecule has 1 N–H and O–H groups in total. The summed E-state index contributed by atoms with van der Waals surface area (Å²) < 4.78 is 0. The maximum absolute atomic E-state index is 12.8. The van der Waals surface area contributed by atoms with Crippen LogP contribution in [0.5, 0.6) is 0 Å². The highest BCUT2D eigenvalue weighted by Gasteiger charge is 2.46. The van der Waals surface area contributed by atoms with E-state index in [4.69, 9.17) is 5.11 Å². The van der Waals surface area contributed by atoms with Crippen molar-refractivity contribution < 1.29 is 14.7 Å². The Morgan fingerprint density at radius 2 is 1.75 bits per heavy atom. The molecular formula is C20H21NO3. The number of carboxylic acids is 1. The minimum absolute atomic E-state index is 0.0606. The van der Waals surface area contributed by atoms with Gasteiger partial charge in [0.2, 0.25) is 5.91 Å². The average Bonchev–Trinajstić information content (AvgIpc) is 3.35. The lowest BCUT2D eigenvalue weighted by Gasteiger charge is -2.21. The molecule has 1 saturated carbocycles. The number of hydrogen-bond donors (Lipinski definition) is 1.